The highest BCUT2D eigenvalue weighted by atomic mass is 32.2. The number of sulfonamides is 1. The fourth-order valence-corrected chi connectivity index (χ4v) is 5.99. The summed E-state index contributed by atoms with van der Waals surface area (Å²) in [6.45, 7) is 0.623. The van der Waals surface area contributed by atoms with Gasteiger partial charge in [0.05, 0.1) is 0 Å². The van der Waals surface area contributed by atoms with Gasteiger partial charge < -0.3 is 4.90 Å². The van der Waals surface area contributed by atoms with Crippen LogP contribution in [-0.4, -0.2) is 38.9 Å². The standard InChI is InChI=1S/C24H28N4O3S2/c1-28(14-6-12-20-17-22(26-25-20)18-8-3-2-4-9-18)24(29)19-10-5-11-21(16-19)27-33(30,31)23-13-7-15-32-23/h2-5,7-11,13,15-16,20,22,25-27H,6,12,14,17H2,1H3. The fraction of sp³-hybridized carbons (Fsp3) is 0.292. The molecule has 0 aliphatic carbocycles. The molecule has 4 rings (SSSR count). The molecule has 0 spiro atoms. The second kappa shape index (κ2) is 10.5. The molecule has 1 aliphatic rings. The number of hydrazine groups is 1. The van der Waals surface area contributed by atoms with Gasteiger partial charge in [-0.15, -0.1) is 11.3 Å². The number of benzene rings is 2. The zero-order chi connectivity index (χ0) is 23.3. The van der Waals surface area contributed by atoms with Crippen LogP contribution in [0.15, 0.2) is 76.3 Å². The van der Waals surface area contributed by atoms with Gasteiger partial charge >= 0.3 is 0 Å². The summed E-state index contributed by atoms with van der Waals surface area (Å²) < 4.78 is 27.7. The van der Waals surface area contributed by atoms with Crippen LogP contribution in [0, 0.1) is 0 Å². The Hall–Kier alpha value is -2.72. The Bertz CT molecular complexity index is 1170. The van der Waals surface area contributed by atoms with E-state index in [4.69, 9.17) is 0 Å². The van der Waals surface area contributed by atoms with E-state index in [0.29, 0.717) is 29.9 Å². The predicted octanol–water partition coefficient (Wildman–Crippen LogP) is 4.01. The van der Waals surface area contributed by atoms with E-state index in [-0.39, 0.29) is 10.1 Å². The van der Waals surface area contributed by atoms with Crippen molar-refractivity contribution in [1.82, 2.24) is 15.8 Å². The lowest BCUT2D eigenvalue weighted by Crippen LogP contribution is -2.32. The number of thiophene rings is 1. The number of amides is 1. The number of rotatable bonds is 9. The number of hydrogen-bond acceptors (Lipinski definition) is 6. The van der Waals surface area contributed by atoms with Gasteiger partial charge in [0.15, 0.2) is 0 Å². The normalized spacial score (nSPS) is 18.2. The third-order valence-electron chi connectivity index (χ3n) is 5.70. The monoisotopic (exact) mass is 484 g/mol. The first-order chi connectivity index (χ1) is 15.9. The Morgan fingerprint density at radius 2 is 1.91 bits per heavy atom. The Balaban J connectivity index is 1.27. The molecule has 1 fully saturated rings. The number of nitrogens with zero attached hydrogens (tertiary/aromatic N) is 1. The van der Waals surface area contributed by atoms with Gasteiger partial charge in [-0.25, -0.2) is 8.42 Å². The quantitative estimate of drug-likeness (QED) is 0.427. The average molecular weight is 485 g/mol. The molecule has 1 aliphatic heterocycles. The van der Waals surface area contributed by atoms with Crippen LogP contribution in [-0.2, 0) is 10.0 Å². The zero-order valence-electron chi connectivity index (χ0n) is 18.4. The highest BCUT2D eigenvalue weighted by molar-refractivity contribution is 7.94. The maximum absolute atomic E-state index is 12.9. The molecular formula is C24H28N4O3S2. The minimum atomic E-state index is -3.65. The molecule has 0 saturated carbocycles. The lowest BCUT2D eigenvalue weighted by molar-refractivity contribution is 0.0791. The summed E-state index contributed by atoms with van der Waals surface area (Å²) in [6.07, 6.45) is 2.83. The van der Waals surface area contributed by atoms with Gasteiger partial charge in [-0.3, -0.25) is 20.4 Å². The van der Waals surface area contributed by atoms with Crippen molar-refractivity contribution in [3.63, 3.8) is 0 Å². The Kier molecular flexibility index (Phi) is 7.44. The summed E-state index contributed by atoms with van der Waals surface area (Å²) in [6, 6.07) is 20.9. The predicted molar refractivity (Wildman–Crippen MR) is 132 cm³/mol. The third kappa shape index (κ3) is 6.00. The van der Waals surface area contributed by atoms with Gasteiger partial charge in [0.2, 0.25) is 0 Å². The summed E-state index contributed by atoms with van der Waals surface area (Å²) in [5.74, 6) is -0.133. The fourth-order valence-electron chi connectivity index (χ4n) is 3.95. The lowest BCUT2D eigenvalue weighted by Gasteiger charge is -2.19. The van der Waals surface area contributed by atoms with Crippen molar-refractivity contribution < 1.29 is 13.2 Å². The number of nitrogens with one attached hydrogen (secondary N) is 3. The van der Waals surface area contributed by atoms with Crippen LogP contribution in [0.1, 0.15) is 41.2 Å². The summed E-state index contributed by atoms with van der Waals surface area (Å²) in [4.78, 5) is 14.6. The van der Waals surface area contributed by atoms with Crippen molar-refractivity contribution in [2.75, 3.05) is 18.3 Å². The largest absolute Gasteiger partial charge is 0.342 e. The molecule has 2 heterocycles. The average Bonchev–Trinajstić information content (AvgIpc) is 3.52. The first-order valence-corrected chi connectivity index (χ1v) is 13.3. The topological polar surface area (TPSA) is 90.5 Å². The smallest absolute Gasteiger partial charge is 0.271 e. The molecule has 33 heavy (non-hydrogen) atoms. The summed E-state index contributed by atoms with van der Waals surface area (Å²) >= 11 is 1.15. The van der Waals surface area contributed by atoms with E-state index in [1.54, 1.807) is 53.7 Å². The number of hydrogen-bond donors (Lipinski definition) is 3. The third-order valence-corrected chi connectivity index (χ3v) is 8.48. The molecule has 7 nitrogen and oxygen atoms in total. The molecule has 2 atom stereocenters. The first-order valence-electron chi connectivity index (χ1n) is 10.9. The maximum atomic E-state index is 12.9. The van der Waals surface area contributed by atoms with Crippen LogP contribution in [0.4, 0.5) is 5.69 Å². The molecule has 0 bridgehead atoms. The van der Waals surface area contributed by atoms with Crippen molar-refractivity contribution in [2.24, 2.45) is 0 Å². The second-order valence-electron chi connectivity index (χ2n) is 8.17. The van der Waals surface area contributed by atoms with E-state index >= 15 is 0 Å². The highest BCUT2D eigenvalue weighted by Gasteiger charge is 2.24. The molecule has 9 heteroatoms. The summed E-state index contributed by atoms with van der Waals surface area (Å²) in [5.41, 5.74) is 8.82. The Morgan fingerprint density at radius 3 is 2.67 bits per heavy atom. The Morgan fingerprint density at radius 1 is 1.09 bits per heavy atom. The summed E-state index contributed by atoms with van der Waals surface area (Å²) in [7, 11) is -1.87. The number of carbonyl (C=O) groups is 1. The SMILES string of the molecule is CN(CCCC1CC(c2ccccc2)NN1)C(=O)c1cccc(NS(=O)(=O)c2cccs2)c1. The molecule has 0 radical (unpaired) electrons. The van der Waals surface area contributed by atoms with E-state index in [1.807, 2.05) is 18.2 Å². The second-order valence-corrected chi connectivity index (χ2v) is 11.0. The van der Waals surface area contributed by atoms with Gasteiger partial charge in [0, 0.05) is 36.9 Å². The van der Waals surface area contributed by atoms with E-state index in [9.17, 15) is 13.2 Å². The van der Waals surface area contributed by atoms with Crippen molar-refractivity contribution >= 4 is 33.0 Å². The first kappa shape index (κ1) is 23.4. The van der Waals surface area contributed by atoms with Crippen LogP contribution in [0.2, 0.25) is 0 Å². The van der Waals surface area contributed by atoms with E-state index in [0.717, 1.165) is 30.6 Å². The van der Waals surface area contributed by atoms with E-state index in [1.165, 1.54) is 5.56 Å². The molecular weight excluding hydrogens is 456 g/mol. The zero-order valence-corrected chi connectivity index (χ0v) is 20.0. The molecule has 3 N–H and O–H groups in total. The summed E-state index contributed by atoms with van der Waals surface area (Å²) in [5, 5.41) is 1.71. The maximum Gasteiger partial charge on any atom is 0.271 e. The lowest BCUT2D eigenvalue weighted by atomic mass is 10.00. The van der Waals surface area contributed by atoms with Crippen LogP contribution in [0.25, 0.3) is 0 Å². The van der Waals surface area contributed by atoms with E-state index in [2.05, 4.69) is 27.7 Å². The minimum absolute atomic E-state index is 0.133. The van der Waals surface area contributed by atoms with Crippen LogP contribution >= 0.6 is 11.3 Å². The molecule has 3 aromatic rings. The molecule has 174 valence electrons. The van der Waals surface area contributed by atoms with Crippen LogP contribution < -0.4 is 15.6 Å². The number of anilines is 1. The number of carbonyl (C=O) groups excluding carboxylic acids is 1. The van der Waals surface area contributed by atoms with Gasteiger partial charge in [-0.05, 0) is 54.5 Å². The molecule has 2 aromatic carbocycles. The molecule has 1 saturated heterocycles. The van der Waals surface area contributed by atoms with Gasteiger partial charge in [0.1, 0.15) is 4.21 Å². The Labute approximate surface area is 198 Å². The minimum Gasteiger partial charge on any atom is -0.342 e. The van der Waals surface area contributed by atoms with E-state index < -0.39 is 10.0 Å². The van der Waals surface area contributed by atoms with Crippen molar-refractivity contribution in [3.05, 3.63) is 83.2 Å². The highest BCUT2D eigenvalue weighted by Crippen LogP contribution is 2.24. The van der Waals surface area contributed by atoms with Crippen LogP contribution in [0.5, 0.6) is 0 Å². The van der Waals surface area contributed by atoms with Crippen molar-refractivity contribution in [3.8, 4) is 0 Å². The molecule has 1 aromatic heterocycles. The molecule has 2 unspecified atom stereocenters. The van der Waals surface area contributed by atoms with Crippen LogP contribution in [0.3, 0.4) is 0 Å². The van der Waals surface area contributed by atoms with Crippen molar-refractivity contribution in [1.29, 1.82) is 0 Å². The van der Waals surface area contributed by atoms with Gasteiger partial charge in [-0.2, -0.15) is 0 Å². The van der Waals surface area contributed by atoms with Crippen molar-refractivity contribution in [2.45, 2.75) is 35.6 Å². The van der Waals surface area contributed by atoms with Gasteiger partial charge in [-0.1, -0.05) is 42.5 Å². The molecule has 1 amide bonds. The van der Waals surface area contributed by atoms with Gasteiger partial charge in [0.25, 0.3) is 15.9 Å².